The molecule has 5 heteroatoms. The van der Waals surface area contributed by atoms with Crippen LogP contribution >= 0.6 is 11.6 Å². The largest absolute Gasteiger partial charge is 0.265 e. The van der Waals surface area contributed by atoms with Crippen LogP contribution in [-0.4, -0.2) is 19.3 Å². The number of sulfonamides is 1. The van der Waals surface area contributed by atoms with Crippen LogP contribution < -0.4 is 0 Å². The van der Waals surface area contributed by atoms with Crippen molar-refractivity contribution in [2.45, 2.75) is 18.2 Å². The molecule has 0 amide bonds. The molecule has 26 heavy (non-hydrogen) atoms. The van der Waals surface area contributed by atoms with E-state index in [1.165, 1.54) is 10.4 Å². The quantitative estimate of drug-likeness (QED) is 0.452. The zero-order chi connectivity index (χ0) is 19.2. The average molecular weight is 388 g/mol. The van der Waals surface area contributed by atoms with Crippen molar-refractivity contribution in [3.63, 3.8) is 0 Å². The third-order valence-electron chi connectivity index (χ3n) is 3.84. The summed E-state index contributed by atoms with van der Waals surface area (Å²) in [6.45, 7) is 9.41. The van der Waals surface area contributed by atoms with Crippen molar-refractivity contribution >= 4 is 27.2 Å². The van der Waals surface area contributed by atoms with Gasteiger partial charge in [-0.1, -0.05) is 71.8 Å². The number of rotatable bonds is 8. The van der Waals surface area contributed by atoms with Gasteiger partial charge in [-0.05, 0) is 36.6 Å². The maximum Gasteiger partial charge on any atom is 0.265 e. The number of hydrogen-bond acceptors (Lipinski definition) is 2. The highest BCUT2D eigenvalue weighted by atomic mass is 35.5. The second kappa shape index (κ2) is 8.88. The van der Waals surface area contributed by atoms with Crippen LogP contribution in [0.15, 0.2) is 90.0 Å². The first kappa shape index (κ1) is 20.0. The topological polar surface area (TPSA) is 37.4 Å². The van der Waals surface area contributed by atoms with Crippen LogP contribution in [0, 0.1) is 6.92 Å². The van der Waals surface area contributed by atoms with Crippen LogP contribution in [0.25, 0.3) is 5.57 Å². The van der Waals surface area contributed by atoms with E-state index in [0.717, 1.165) is 11.1 Å². The van der Waals surface area contributed by atoms with E-state index in [2.05, 4.69) is 13.2 Å². The van der Waals surface area contributed by atoms with Crippen molar-refractivity contribution in [1.29, 1.82) is 0 Å². The van der Waals surface area contributed by atoms with Gasteiger partial charge in [0.1, 0.15) is 5.16 Å². The molecule has 0 aliphatic carbocycles. The maximum atomic E-state index is 13.1. The van der Waals surface area contributed by atoms with Gasteiger partial charge in [0.2, 0.25) is 0 Å². The molecular formula is C21H22ClNO2S. The van der Waals surface area contributed by atoms with Crippen molar-refractivity contribution in [3.05, 3.63) is 96.2 Å². The summed E-state index contributed by atoms with van der Waals surface area (Å²) < 4.78 is 27.5. The molecule has 0 unspecified atom stereocenters. The summed E-state index contributed by atoms with van der Waals surface area (Å²) in [4.78, 5) is 0.189. The van der Waals surface area contributed by atoms with E-state index >= 15 is 0 Å². The van der Waals surface area contributed by atoms with Gasteiger partial charge in [0.15, 0.2) is 0 Å². The van der Waals surface area contributed by atoms with Gasteiger partial charge < -0.3 is 0 Å². The molecule has 0 spiro atoms. The molecule has 0 N–H and O–H groups in total. The van der Waals surface area contributed by atoms with Gasteiger partial charge in [-0.25, -0.2) is 8.42 Å². The molecule has 136 valence electrons. The van der Waals surface area contributed by atoms with E-state index in [-0.39, 0.29) is 16.6 Å². The highest BCUT2D eigenvalue weighted by Gasteiger charge is 2.27. The Kier molecular flexibility index (Phi) is 6.83. The summed E-state index contributed by atoms with van der Waals surface area (Å²) in [5, 5.41) is 0.150. The summed E-state index contributed by atoms with van der Waals surface area (Å²) in [7, 11) is -3.81. The lowest BCUT2D eigenvalue weighted by Crippen LogP contribution is -2.29. The third-order valence-corrected chi connectivity index (χ3v) is 6.15. The van der Waals surface area contributed by atoms with Crippen molar-refractivity contribution in [2.24, 2.45) is 0 Å². The lowest BCUT2D eigenvalue weighted by atomic mass is 10.0. The van der Waals surface area contributed by atoms with Crippen LogP contribution in [0.4, 0.5) is 0 Å². The number of aryl methyl sites for hydroxylation is 1. The van der Waals surface area contributed by atoms with Gasteiger partial charge in [-0.3, -0.25) is 4.31 Å². The number of hydrogen-bond donors (Lipinski definition) is 0. The van der Waals surface area contributed by atoms with E-state index in [4.69, 9.17) is 11.6 Å². The van der Waals surface area contributed by atoms with Crippen molar-refractivity contribution in [2.75, 3.05) is 6.54 Å². The number of halogens is 1. The van der Waals surface area contributed by atoms with E-state index in [1.807, 2.05) is 37.3 Å². The molecule has 3 nitrogen and oxygen atoms in total. The normalized spacial score (nSPS) is 12.2. The number of allylic oxidation sites excluding steroid dienone is 2. The van der Waals surface area contributed by atoms with Crippen LogP contribution in [0.1, 0.15) is 17.5 Å². The Balaban J connectivity index is 2.61. The number of nitrogens with zero attached hydrogens (tertiary/aromatic N) is 1. The molecule has 2 aromatic carbocycles. The van der Waals surface area contributed by atoms with Gasteiger partial charge in [0.05, 0.1) is 11.4 Å². The summed E-state index contributed by atoms with van der Waals surface area (Å²) in [6.07, 6.45) is 3.67. The third kappa shape index (κ3) is 4.45. The summed E-state index contributed by atoms with van der Waals surface area (Å²) in [5.74, 6) is 0. The lowest BCUT2D eigenvalue weighted by molar-refractivity contribution is 0.517. The van der Waals surface area contributed by atoms with E-state index in [9.17, 15) is 8.42 Å². The van der Waals surface area contributed by atoms with Crippen LogP contribution in [-0.2, 0) is 10.0 Å². The predicted molar refractivity (Wildman–Crippen MR) is 109 cm³/mol. The zero-order valence-electron chi connectivity index (χ0n) is 14.7. The molecule has 0 bridgehead atoms. The highest BCUT2D eigenvalue weighted by molar-refractivity contribution is 7.89. The molecule has 0 aliphatic rings. The summed E-state index contributed by atoms with van der Waals surface area (Å²) in [5.41, 5.74) is 2.53. The molecule has 2 rings (SSSR count). The Labute approximate surface area is 161 Å². The van der Waals surface area contributed by atoms with Gasteiger partial charge in [0, 0.05) is 0 Å². The zero-order valence-corrected chi connectivity index (χ0v) is 16.3. The Morgan fingerprint density at radius 3 is 2.19 bits per heavy atom. The van der Waals surface area contributed by atoms with Gasteiger partial charge >= 0.3 is 0 Å². The molecule has 0 atom stereocenters. The molecule has 0 fully saturated rings. The van der Waals surface area contributed by atoms with E-state index in [1.54, 1.807) is 30.3 Å². The fourth-order valence-corrected chi connectivity index (χ4v) is 4.38. The fraction of sp³-hybridized carbons (Fsp3) is 0.143. The van der Waals surface area contributed by atoms with Crippen LogP contribution in [0.3, 0.4) is 0 Å². The van der Waals surface area contributed by atoms with Crippen molar-refractivity contribution in [3.8, 4) is 0 Å². The Morgan fingerprint density at radius 1 is 1.04 bits per heavy atom. The van der Waals surface area contributed by atoms with Crippen molar-refractivity contribution < 1.29 is 8.42 Å². The van der Waals surface area contributed by atoms with E-state index < -0.39 is 10.0 Å². The van der Waals surface area contributed by atoms with E-state index in [0.29, 0.717) is 12.0 Å². The first-order valence-corrected chi connectivity index (χ1v) is 9.99. The minimum absolute atomic E-state index is 0.0719. The van der Waals surface area contributed by atoms with Crippen LogP contribution in [0.5, 0.6) is 0 Å². The van der Waals surface area contributed by atoms with Gasteiger partial charge in [0.25, 0.3) is 10.0 Å². The highest BCUT2D eigenvalue weighted by Crippen LogP contribution is 2.31. The second-order valence-corrected chi connectivity index (χ2v) is 7.99. The number of benzene rings is 2. The minimum Gasteiger partial charge on any atom is -0.252 e. The molecule has 0 heterocycles. The van der Waals surface area contributed by atoms with Crippen molar-refractivity contribution in [1.82, 2.24) is 4.31 Å². The summed E-state index contributed by atoms with van der Waals surface area (Å²) in [6, 6.07) is 16.1. The van der Waals surface area contributed by atoms with Gasteiger partial charge in [-0.2, -0.15) is 0 Å². The summed E-state index contributed by atoms with van der Waals surface area (Å²) >= 11 is 6.60. The van der Waals surface area contributed by atoms with Gasteiger partial charge in [-0.15, -0.1) is 13.2 Å². The first-order chi connectivity index (χ1) is 12.4. The Morgan fingerprint density at radius 2 is 1.65 bits per heavy atom. The molecule has 2 aromatic rings. The lowest BCUT2D eigenvalue weighted by Gasteiger charge is -2.25. The fourth-order valence-electron chi connectivity index (χ4n) is 2.49. The Hall–Kier alpha value is -2.30. The molecule has 0 radical (unpaired) electrons. The molecule has 0 aromatic heterocycles. The molecule has 0 saturated carbocycles. The molecule has 0 saturated heterocycles. The first-order valence-electron chi connectivity index (χ1n) is 8.17. The molecule has 0 aliphatic heterocycles. The van der Waals surface area contributed by atoms with Crippen LogP contribution in [0.2, 0.25) is 0 Å². The smallest absolute Gasteiger partial charge is 0.252 e. The standard InChI is InChI=1S/C21H22ClNO2S/c1-4-9-20(18-10-7-6-8-11-18)21(22)23(16-5-2)26(24,25)19-14-12-17(3)13-15-19/h4-8,10-15H,1-2,9,16H2,3H3/b21-20-. The SMILES string of the molecule is C=CC/C(=C(\Cl)N(CC=C)S(=O)(=O)c1ccc(C)cc1)c1ccccc1. The predicted octanol–water partition coefficient (Wildman–Crippen LogP) is 5.36. The second-order valence-electron chi connectivity index (χ2n) is 5.77. The minimum atomic E-state index is -3.81. The molecular weight excluding hydrogens is 366 g/mol. The maximum absolute atomic E-state index is 13.1. The Bertz CT molecular complexity index is 901. The monoisotopic (exact) mass is 387 g/mol. The average Bonchev–Trinajstić information content (AvgIpc) is 2.64.